The first-order valence-electron chi connectivity index (χ1n) is 7.41. The number of allylic oxidation sites excluding steroid dienone is 1. The Bertz CT molecular complexity index is 731. The molecule has 0 aromatic heterocycles. The highest BCUT2D eigenvalue weighted by Gasteiger charge is 2.11. The van der Waals surface area contributed by atoms with Gasteiger partial charge in [0, 0.05) is 22.9 Å². The molecule has 0 bridgehead atoms. The molecule has 0 saturated carbocycles. The van der Waals surface area contributed by atoms with Gasteiger partial charge in [-0.05, 0) is 54.0 Å². The van der Waals surface area contributed by atoms with Crippen molar-refractivity contribution in [1.29, 1.82) is 0 Å². The summed E-state index contributed by atoms with van der Waals surface area (Å²) < 4.78 is 5.28. The third kappa shape index (κ3) is 3.92. The van der Waals surface area contributed by atoms with Crippen molar-refractivity contribution in [2.45, 2.75) is 19.8 Å². The van der Waals surface area contributed by atoms with E-state index in [4.69, 9.17) is 10.5 Å². The van der Waals surface area contributed by atoms with Crippen molar-refractivity contribution in [1.82, 2.24) is 0 Å². The standard InChI is InChI=1S/C19H21NO3/c1-12(2)16-10-14(19(23-3)11-18(16)22)6-9-17(21)13-4-7-15(20)8-5-13/h4-12,22H,20H2,1-3H3/b9-6+. The molecule has 0 radical (unpaired) electrons. The second kappa shape index (κ2) is 7.01. The molecule has 23 heavy (non-hydrogen) atoms. The summed E-state index contributed by atoms with van der Waals surface area (Å²) in [5.74, 6) is 0.763. The molecule has 0 fully saturated rings. The van der Waals surface area contributed by atoms with Crippen molar-refractivity contribution in [2.75, 3.05) is 12.8 Å². The Morgan fingerprint density at radius 1 is 1.22 bits per heavy atom. The van der Waals surface area contributed by atoms with Crippen LogP contribution in [0, 0.1) is 0 Å². The summed E-state index contributed by atoms with van der Waals surface area (Å²) in [7, 11) is 1.53. The largest absolute Gasteiger partial charge is 0.508 e. The van der Waals surface area contributed by atoms with Gasteiger partial charge in [0.2, 0.25) is 0 Å². The van der Waals surface area contributed by atoms with Crippen LogP contribution in [-0.4, -0.2) is 18.0 Å². The number of benzene rings is 2. The lowest BCUT2D eigenvalue weighted by Crippen LogP contribution is -1.96. The number of carbonyl (C=O) groups excluding carboxylic acids is 1. The van der Waals surface area contributed by atoms with Crippen molar-refractivity contribution in [2.24, 2.45) is 0 Å². The summed E-state index contributed by atoms with van der Waals surface area (Å²) in [5.41, 5.74) is 8.36. The zero-order valence-electron chi connectivity index (χ0n) is 13.5. The highest BCUT2D eigenvalue weighted by atomic mass is 16.5. The molecule has 4 nitrogen and oxygen atoms in total. The van der Waals surface area contributed by atoms with Gasteiger partial charge in [-0.2, -0.15) is 0 Å². The molecule has 0 spiro atoms. The van der Waals surface area contributed by atoms with Crippen molar-refractivity contribution < 1.29 is 14.6 Å². The van der Waals surface area contributed by atoms with Gasteiger partial charge in [-0.3, -0.25) is 4.79 Å². The summed E-state index contributed by atoms with van der Waals surface area (Å²) in [5, 5.41) is 10.0. The fourth-order valence-electron chi connectivity index (χ4n) is 2.28. The Balaban J connectivity index is 2.32. The lowest BCUT2D eigenvalue weighted by atomic mass is 9.98. The monoisotopic (exact) mass is 311 g/mol. The van der Waals surface area contributed by atoms with E-state index in [0.29, 0.717) is 17.0 Å². The third-order valence-corrected chi connectivity index (χ3v) is 3.61. The first-order valence-corrected chi connectivity index (χ1v) is 7.41. The average Bonchev–Trinajstić information content (AvgIpc) is 2.53. The zero-order chi connectivity index (χ0) is 17.0. The molecular weight excluding hydrogens is 290 g/mol. The summed E-state index contributed by atoms with van der Waals surface area (Å²) in [6, 6.07) is 10.2. The minimum absolute atomic E-state index is 0.119. The number of nitrogen functional groups attached to an aromatic ring is 1. The number of hydrogen-bond donors (Lipinski definition) is 2. The number of aromatic hydroxyl groups is 1. The van der Waals surface area contributed by atoms with E-state index in [1.54, 1.807) is 36.4 Å². The fourth-order valence-corrected chi connectivity index (χ4v) is 2.28. The molecule has 0 unspecified atom stereocenters. The predicted molar refractivity (Wildman–Crippen MR) is 93.0 cm³/mol. The second-order valence-electron chi connectivity index (χ2n) is 5.63. The van der Waals surface area contributed by atoms with E-state index in [1.165, 1.54) is 13.2 Å². The number of carbonyl (C=O) groups is 1. The molecule has 4 heteroatoms. The van der Waals surface area contributed by atoms with Crippen LogP contribution in [0.5, 0.6) is 11.5 Å². The van der Waals surface area contributed by atoms with Gasteiger partial charge >= 0.3 is 0 Å². The highest BCUT2D eigenvalue weighted by Crippen LogP contribution is 2.33. The quantitative estimate of drug-likeness (QED) is 0.497. The first kappa shape index (κ1) is 16.6. The van der Waals surface area contributed by atoms with Crippen LogP contribution >= 0.6 is 0 Å². The maximum absolute atomic E-state index is 12.2. The Morgan fingerprint density at radius 3 is 2.43 bits per heavy atom. The van der Waals surface area contributed by atoms with E-state index in [-0.39, 0.29) is 17.5 Å². The molecule has 0 aliphatic carbocycles. The lowest BCUT2D eigenvalue weighted by molar-refractivity contribution is 0.104. The topological polar surface area (TPSA) is 72.5 Å². The van der Waals surface area contributed by atoms with Gasteiger partial charge in [0.1, 0.15) is 11.5 Å². The molecular formula is C19H21NO3. The smallest absolute Gasteiger partial charge is 0.185 e. The van der Waals surface area contributed by atoms with Crippen LogP contribution < -0.4 is 10.5 Å². The number of hydrogen-bond acceptors (Lipinski definition) is 4. The predicted octanol–water partition coefficient (Wildman–Crippen LogP) is 4.00. The average molecular weight is 311 g/mol. The maximum atomic E-state index is 12.2. The molecule has 0 aliphatic rings. The number of phenols is 1. The molecule has 2 rings (SSSR count). The Kier molecular flexibility index (Phi) is 5.06. The van der Waals surface area contributed by atoms with E-state index in [1.807, 2.05) is 19.9 Å². The van der Waals surface area contributed by atoms with E-state index in [2.05, 4.69) is 0 Å². The number of ether oxygens (including phenoxy) is 1. The molecule has 3 N–H and O–H groups in total. The molecule has 0 saturated heterocycles. The third-order valence-electron chi connectivity index (χ3n) is 3.61. The Hall–Kier alpha value is -2.75. The van der Waals surface area contributed by atoms with Gasteiger partial charge in [0.05, 0.1) is 7.11 Å². The van der Waals surface area contributed by atoms with Crippen molar-refractivity contribution in [3.05, 3.63) is 59.2 Å². The van der Waals surface area contributed by atoms with Crippen molar-refractivity contribution in [3.63, 3.8) is 0 Å². The van der Waals surface area contributed by atoms with Gasteiger partial charge in [-0.1, -0.05) is 13.8 Å². The van der Waals surface area contributed by atoms with Crippen LogP contribution in [0.3, 0.4) is 0 Å². The van der Waals surface area contributed by atoms with Gasteiger partial charge in [-0.15, -0.1) is 0 Å². The molecule has 2 aromatic carbocycles. The number of rotatable bonds is 5. The van der Waals surface area contributed by atoms with E-state index in [9.17, 15) is 9.90 Å². The van der Waals surface area contributed by atoms with Gasteiger partial charge in [-0.25, -0.2) is 0 Å². The Morgan fingerprint density at radius 2 is 1.87 bits per heavy atom. The van der Waals surface area contributed by atoms with E-state index < -0.39 is 0 Å². The van der Waals surface area contributed by atoms with Crippen LogP contribution in [0.15, 0.2) is 42.5 Å². The van der Waals surface area contributed by atoms with Crippen LogP contribution in [0.4, 0.5) is 5.69 Å². The number of ketones is 1. The number of methoxy groups -OCH3 is 1. The maximum Gasteiger partial charge on any atom is 0.185 e. The molecule has 0 heterocycles. The highest BCUT2D eigenvalue weighted by molar-refractivity contribution is 6.07. The molecule has 2 aromatic rings. The minimum Gasteiger partial charge on any atom is -0.508 e. The Labute approximate surface area is 136 Å². The minimum atomic E-state index is -0.119. The summed E-state index contributed by atoms with van der Waals surface area (Å²) >= 11 is 0. The van der Waals surface area contributed by atoms with Crippen molar-refractivity contribution in [3.8, 4) is 11.5 Å². The molecule has 120 valence electrons. The molecule has 0 amide bonds. The van der Waals surface area contributed by atoms with Crippen LogP contribution in [0.25, 0.3) is 6.08 Å². The zero-order valence-corrected chi connectivity index (χ0v) is 13.5. The number of nitrogens with two attached hydrogens (primary N) is 1. The summed E-state index contributed by atoms with van der Waals surface area (Å²) in [6.45, 7) is 3.99. The van der Waals surface area contributed by atoms with Crippen LogP contribution in [0.1, 0.15) is 41.3 Å². The number of anilines is 1. The molecule has 0 aliphatic heterocycles. The lowest BCUT2D eigenvalue weighted by Gasteiger charge is -2.12. The van der Waals surface area contributed by atoms with Gasteiger partial charge in [0.15, 0.2) is 5.78 Å². The SMILES string of the molecule is COc1cc(O)c(C(C)C)cc1/C=C/C(=O)c1ccc(N)cc1. The summed E-state index contributed by atoms with van der Waals surface area (Å²) in [6.07, 6.45) is 3.19. The molecule has 0 atom stereocenters. The van der Waals surface area contributed by atoms with Crippen molar-refractivity contribution >= 4 is 17.5 Å². The van der Waals surface area contributed by atoms with Gasteiger partial charge in [0.25, 0.3) is 0 Å². The normalized spacial score (nSPS) is 11.1. The van der Waals surface area contributed by atoms with Crippen LogP contribution in [0.2, 0.25) is 0 Å². The van der Waals surface area contributed by atoms with Crippen LogP contribution in [-0.2, 0) is 0 Å². The fraction of sp³-hybridized carbons (Fsp3) is 0.211. The van der Waals surface area contributed by atoms with Gasteiger partial charge < -0.3 is 15.6 Å². The summed E-state index contributed by atoms with van der Waals surface area (Å²) in [4.78, 5) is 12.2. The van der Waals surface area contributed by atoms with E-state index >= 15 is 0 Å². The van der Waals surface area contributed by atoms with E-state index in [0.717, 1.165) is 11.1 Å². The number of phenolic OH excluding ortho intramolecular Hbond substituents is 1. The second-order valence-corrected chi connectivity index (χ2v) is 5.63. The first-order chi connectivity index (χ1) is 10.9.